The third kappa shape index (κ3) is 4.81. The fraction of sp³-hybridized carbons (Fsp3) is 0.346. The zero-order chi connectivity index (χ0) is 19.8. The van der Waals surface area contributed by atoms with Gasteiger partial charge in [0.2, 0.25) is 0 Å². The molecule has 0 heterocycles. The molecule has 2 nitrogen and oxygen atoms in total. The second kappa shape index (κ2) is 9.54. The largest absolute Gasteiger partial charge is 0.351 e. The number of rotatable bonds is 8. The molecule has 28 heavy (non-hydrogen) atoms. The molecule has 0 radical (unpaired) electrons. The molecule has 0 amide bonds. The van der Waals surface area contributed by atoms with E-state index in [-0.39, 0.29) is 5.41 Å². The van der Waals surface area contributed by atoms with E-state index >= 15 is 0 Å². The quantitative estimate of drug-likeness (QED) is 0.381. The smallest absolute Gasteiger partial charge is 0.170 e. The van der Waals surface area contributed by atoms with Crippen molar-refractivity contribution in [2.24, 2.45) is 5.41 Å². The molecular formula is C26H31NO. The van der Waals surface area contributed by atoms with Crippen LogP contribution in [0.2, 0.25) is 0 Å². The molecule has 1 aliphatic carbocycles. The van der Waals surface area contributed by atoms with E-state index in [9.17, 15) is 4.79 Å². The number of hydrogen-bond donors (Lipinski definition) is 0. The highest BCUT2D eigenvalue weighted by Gasteiger charge is 2.42. The van der Waals surface area contributed by atoms with Gasteiger partial charge in [-0.2, -0.15) is 0 Å². The summed E-state index contributed by atoms with van der Waals surface area (Å²) in [4.78, 5) is 15.5. The van der Waals surface area contributed by atoms with Gasteiger partial charge in [-0.05, 0) is 37.0 Å². The Morgan fingerprint density at radius 1 is 1.00 bits per heavy atom. The van der Waals surface area contributed by atoms with E-state index in [0.29, 0.717) is 5.78 Å². The van der Waals surface area contributed by atoms with Crippen molar-refractivity contribution in [1.29, 1.82) is 0 Å². The molecule has 3 rings (SSSR count). The third-order valence-electron chi connectivity index (χ3n) is 5.72. The molecule has 1 unspecified atom stereocenters. The van der Waals surface area contributed by atoms with Crippen LogP contribution in [0, 0.1) is 5.41 Å². The van der Waals surface area contributed by atoms with Crippen molar-refractivity contribution in [3.05, 3.63) is 84.1 Å². The van der Waals surface area contributed by atoms with E-state index in [1.165, 1.54) is 12.8 Å². The molecule has 0 N–H and O–H groups in total. The molecule has 2 aromatic carbocycles. The minimum absolute atomic E-state index is 0.304. The highest BCUT2D eigenvalue weighted by atomic mass is 16.1. The second-order valence-corrected chi connectivity index (χ2v) is 7.79. The Labute approximate surface area is 169 Å². The molecular weight excluding hydrogens is 342 g/mol. The third-order valence-corrected chi connectivity index (χ3v) is 5.72. The van der Waals surface area contributed by atoms with E-state index in [1.54, 1.807) is 0 Å². The van der Waals surface area contributed by atoms with Crippen LogP contribution in [0.1, 0.15) is 51.0 Å². The molecule has 0 bridgehead atoms. The summed E-state index contributed by atoms with van der Waals surface area (Å²) in [5, 5.41) is 0. The fourth-order valence-electron chi connectivity index (χ4n) is 3.99. The number of hydrogen-bond acceptors (Lipinski definition) is 2. The van der Waals surface area contributed by atoms with Gasteiger partial charge in [0.15, 0.2) is 5.78 Å². The van der Waals surface area contributed by atoms with Crippen LogP contribution in [-0.2, 0) is 4.79 Å². The fourth-order valence-corrected chi connectivity index (χ4v) is 3.99. The van der Waals surface area contributed by atoms with Gasteiger partial charge in [0.25, 0.3) is 0 Å². The van der Waals surface area contributed by atoms with E-state index in [0.717, 1.165) is 42.5 Å². The highest BCUT2D eigenvalue weighted by molar-refractivity contribution is 6.04. The number of carbonyl (C=O) groups is 1. The van der Waals surface area contributed by atoms with Crippen LogP contribution >= 0.6 is 0 Å². The topological polar surface area (TPSA) is 20.3 Å². The first-order chi connectivity index (χ1) is 13.6. The van der Waals surface area contributed by atoms with Gasteiger partial charge in [-0.3, -0.25) is 4.79 Å². The Kier molecular flexibility index (Phi) is 6.86. The maximum absolute atomic E-state index is 13.5. The van der Waals surface area contributed by atoms with Crippen LogP contribution in [0.5, 0.6) is 0 Å². The number of unbranched alkanes of at least 4 members (excludes halogenated alkanes) is 2. The minimum Gasteiger partial charge on any atom is -0.351 e. The van der Waals surface area contributed by atoms with Gasteiger partial charge in [0.05, 0.1) is 5.41 Å². The number of ketones is 1. The van der Waals surface area contributed by atoms with Crippen molar-refractivity contribution in [3.63, 3.8) is 0 Å². The summed E-state index contributed by atoms with van der Waals surface area (Å²) in [7, 11) is 2.02. The maximum Gasteiger partial charge on any atom is 0.170 e. The molecule has 0 aromatic heterocycles. The van der Waals surface area contributed by atoms with Crippen LogP contribution in [0.15, 0.2) is 78.5 Å². The van der Waals surface area contributed by atoms with Gasteiger partial charge in [0, 0.05) is 24.5 Å². The van der Waals surface area contributed by atoms with Crippen LogP contribution in [0.4, 0.5) is 5.69 Å². The molecule has 1 fully saturated rings. The molecule has 146 valence electrons. The summed E-state index contributed by atoms with van der Waals surface area (Å²) < 4.78 is 0. The molecule has 0 spiro atoms. The molecule has 0 saturated heterocycles. The van der Waals surface area contributed by atoms with Gasteiger partial charge >= 0.3 is 0 Å². The summed E-state index contributed by atoms with van der Waals surface area (Å²) in [5.74, 6) is 0.304. The normalized spacial score (nSPS) is 20.9. The number of carbonyl (C=O) groups excluding carboxylic acids is 1. The highest BCUT2D eigenvalue weighted by Crippen LogP contribution is 2.44. The predicted octanol–water partition coefficient (Wildman–Crippen LogP) is 6.65. The molecule has 2 heteroatoms. The molecule has 2 aromatic rings. The van der Waals surface area contributed by atoms with Crippen molar-refractivity contribution in [2.75, 3.05) is 11.9 Å². The number of allylic oxidation sites excluding steroid dienone is 2. The first-order valence-corrected chi connectivity index (χ1v) is 10.4. The van der Waals surface area contributed by atoms with Gasteiger partial charge < -0.3 is 4.90 Å². The summed E-state index contributed by atoms with van der Waals surface area (Å²) >= 11 is 0. The number of anilines is 1. The van der Waals surface area contributed by atoms with Crippen molar-refractivity contribution in [2.45, 2.75) is 45.4 Å². The Morgan fingerprint density at radius 2 is 1.68 bits per heavy atom. The Bertz CT molecular complexity index is 822. The average Bonchev–Trinajstić information content (AvgIpc) is 3.04. The second-order valence-electron chi connectivity index (χ2n) is 7.79. The monoisotopic (exact) mass is 373 g/mol. The first-order valence-electron chi connectivity index (χ1n) is 10.4. The van der Waals surface area contributed by atoms with Gasteiger partial charge in [-0.15, -0.1) is 0 Å². The number of benzene rings is 2. The van der Waals surface area contributed by atoms with Gasteiger partial charge in [-0.1, -0.05) is 86.9 Å². The Hall–Kier alpha value is -2.61. The summed E-state index contributed by atoms with van der Waals surface area (Å²) in [6, 6.07) is 20.5. The lowest BCUT2D eigenvalue weighted by atomic mass is 9.79. The molecule has 1 aliphatic rings. The zero-order valence-electron chi connectivity index (χ0n) is 17.1. The lowest BCUT2D eigenvalue weighted by Gasteiger charge is -2.23. The lowest BCUT2D eigenvalue weighted by molar-refractivity contribution is -0.121. The predicted molar refractivity (Wildman–Crippen MR) is 119 cm³/mol. The molecule has 0 aliphatic heterocycles. The van der Waals surface area contributed by atoms with E-state index in [2.05, 4.69) is 48.2 Å². The SMILES string of the molecule is CCCCCC1(C=Cc2ccccc2)CC/C(=C\N(C)c2ccccc2)C1=O. The van der Waals surface area contributed by atoms with Gasteiger partial charge in [-0.25, -0.2) is 0 Å². The van der Waals surface area contributed by atoms with Crippen molar-refractivity contribution >= 4 is 17.5 Å². The van der Waals surface area contributed by atoms with Crippen molar-refractivity contribution in [3.8, 4) is 0 Å². The molecule has 1 atom stereocenters. The van der Waals surface area contributed by atoms with E-state index in [1.807, 2.05) is 49.6 Å². The van der Waals surface area contributed by atoms with Crippen LogP contribution in [0.3, 0.4) is 0 Å². The van der Waals surface area contributed by atoms with Crippen LogP contribution in [0.25, 0.3) is 6.08 Å². The lowest BCUT2D eigenvalue weighted by Crippen LogP contribution is -2.24. The zero-order valence-corrected chi connectivity index (χ0v) is 17.1. The summed E-state index contributed by atoms with van der Waals surface area (Å²) in [6.07, 6.45) is 12.5. The number of nitrogens with zero attached hydrogens (tertiary/aromatic N) is 1. The van der Waals surface area contributed by atoms with Gasteiger partial charge in [0.1, 0.15) is 0 Å². The summed E-state index contributed by atoms with van der Waals surface area (Å²) in [5.41, 5.74) is 2.85. The van der Waals surface area contributed by atoms with Crippen molar-refractivity contribution < 1.29 is 4.79 Å². The minimum atomic E-state index is -0.353. The van der Waals surface area contributed by atoms with E-state index in [4.69, 9.17) is 0 Å². The standard InChI is InChI=1S/C26H31NO/c1-3-4-11-18-26(19-16-22-12-7-5-8-13-22)20-17-23(25(26)28)21-27(2)24-14-9-6-10-15-24/h5-10,12-16,19,21H,3-4,11,17-18,20H2,1-2H3/b19-16?,23-21+. The Balaban J connectivity index is 1.83. The number of Topliss-reactive ketones (excluding diaryl/α,β-unsaturated/α-hetero) is 1. The Morgan fingerprint density at radius 3 is 2.36 bits per heavy atom. The maximum atomic E-state index is 13.5. The number of para-hydroxylation sites is 1. The summed E-state index contributed by atoms with van der Waals surface area (Å²) in [6.45, 7) is 2.21. The first kappa shape index (κ1) is 20.1. The molecule has 1 saturated carbocycles. The van der Waals surface area contributed by atoms with Crippen LogP contribution in [-0.4, -0.2) is 12.8 Å². The van der Waals surface area contributed by atoms with Crippen molar-refractivity contribution in [1.82, 2.24) is 0 Å². The van der Waals surface area contributed by atoms with Crippen LogP contribution < -0.4 is 4.90 Å². The van der Waals surface area contributed by atoms with E-state index < -0.39 is 0 Å². The average molecular weight is 374 g/mol.